The Morgan fingerprint density at radius 1 is 1.42 bits per heavy atom. The molecule has 1 aromatic heterocycles. The van der Waals surface area contributed by atoms with Gasteiger partial charge in [0, 0.05) is 37.4 Å². The maximum Gasteiger partial charge on any atom is 0.236 e. The third-order valence-electron chi connectivity index (χ3n) is 5.38. The van der Waals surface area contributed by atoms with Gasteiger partial charge in [0.05, 0.1) is 13.2 Å². The summed E-state index contributed by atoms with van der Waals surface area (Å²) in [4.78, 5) is 20.7. The van der Waals surface area contributed by atoms with Gasteiger partial charge in [-0.3, -0.25) is 14.7 Å². The third-order valence-corrected chi connectivity index (χ3v) is 5.38. The highest BCUT2D eigenvalue weighted by Crippen LogP contribution is 2.44. The van der Waals surface area contributed by atoms with E-state index in [0.717, 1.165) is 50.4 Å². The van der Waals surface area contributed by atoms with Crippen LogP contribution in [0, 0.1) is 11.3 Å². The minimum atomic E-state index is -0.0568. The number of carbonyl (C=O) groups is 1. The number of hydrogen-bond acceptors (Lipinski definition) is 4. The van der Waals surface area contributed by atoms with Gasteiger partial charge in [-0.1, -0.05) is 12.8 Å². The van der Waals surface area contributed by atoms with Gasteiger partial charge in [0.2, 0.25) is 5.91 Å². The summed E-state index contributed by atoms with van der Waals surface area (Å²) in [6, 6.07) is 3.96. The quantitative estimate of drug-likeness (QED) is 0.829. The van der Waals surface area contributed by atoms with Crippen LogP contribution in [0.5, 0.6) is 0 Å². The number of aromatic nitrogens is 1. The van der Waals surface area contributed by atoms with Crippen LogP contribution < -0.4 is 0 Å². The lowest BCUT2D eigenvalue weighted by Gasteiger charge is -2.42. The second kappa shape index (κ2) is 7.62. The number of likely N-dealkylation sites (N-methyl/N-ethyl adjacent to an activating group) is 1. The molecule has 1 aromatic rings. The van der Waals surface area contributed by atoms with Crippen LogP contribution in [-0.4, -0.2) is 59.1 Å². The van der Waals surface area contributed by atoms with E-state index in [1.54, 1.807) is 12.4 Å². The fraction of sp³-hybridized carbons (Fsp3) is 0.684. The molecule has 1 atom stereocenters. The maximum absolute atomic E-state index is 12.7. The van der Waals surface area contributed by atoms with E-state index < -0.39 is 0 Å². The molecule has 1 saturated heterocycles. The molecule has 1 saturated carbocycles. The summed E-state index contributed by atoms with van der Waals surface area (Å²) in [6.45, 7) is 2.93. The normalized spacial score (nSPS) is 24.4. The van der Waals surface area contributed by atoms with Crippen LogP contribution in [0.4, 0.5) is 0 Å². The predicted molar refractivity (Wildman–Crippen MR) is 93.2 cm³/mol. The van der Waals surface area contributed by atoms with E-state index in [-0.39, 0.29) is 17.9 Å². The summed E-state index contributed by atoms with van der Waals surface area (Å²) in [6.07, 6.45) is 9.30. The highest BCUT2D eigenvalue weighted by molar-refractivity contribution is 5.78. The van der Waals surface area contributed by atoms with Crippen molar-refractivity contribution in [1.82, 2.24) is 14.8 Å². The topological polar surface area (TPSA) is 56.7 Å². The van der Waals surface area contributed by atoms with Crippen molar-refractivity contribution >= 4 is 5.91 Å². The summed E-state index contributed by atoms with van der Waals surface area (Å²) < 4.78 is 0. The van der Waals surface area contributed by atoms with Crippen LogP contribution in [0.3, 0.4) is 0 Å². The Hall–Kier alpha value is -1.46. The lowest BCUT2D eigenvalue weighted by Crippen LogP contribution is -2.50. The molecule has 2 fully saturated rings. The number of pyridine rings is 1. The van der Waals surface area contributed by atoms with E-state index in [1.165, 1.54) is 12.8 Å². The standard InChI is InChI=1S/C19H29N3O2/c1-21(12-17-5-8-20-9-6-17)13-18(24)22-10-2-7-19(14-22,15-23)11-16-3-4-16/h5-6,8-9,16,23H,2-4,7,10-15H2,1H3/t19-/m0/s1. The number of likely N-dealkylation sites (tertiary alicyclic amines) is 1. The zero-order chi connectivity index (χ0) is 17.0. The first-order valence-corrected chi connectivity index (χ1v) is 9.06. The van der Waals surface area contributed by atoms with Gasteiger partial charge < -0.3 is 10.0 Å². The van der Waals surface area contributed by atoms with Gasteiger partial charge >= 0.3 is 0 Å². The average Bonchev–Trinajstić information content (AvgIpc) is 3.39. The average molecular weight is 331 g/mol. The van der Waals surface area contributed by atoms with E-state index in [4.69, 9.17) is 0 Å². The Bertz CT molecular complexity index is 547. The highest BCUT2D eigenvalue weighted by Gasteiger charge is 2.40. The van der Waals surface area contributed by atoms with Gasteiger partial charge in [0.1, 0.15) is 0 Å². The molecule has 3 rings (SSSR count). The zero-order valence-electron chi connectivity index (χ0n) is 14.7. The number of hydrogen-bond donors (Lipinski definition) is 1. The van der Waals surface area contributed by atoms with Crippen LogP contribution in [0.2, 0.25) is 0 Å². The molecule has 132 valence electrons. The van der Waals surface area contributed by atoms with E-state index in [2.05, 4.69) is 4.98 Å². The minimum Gasteiger partial charge on any atom is -0.396 e. The molecule has 0 radical (unpaired) electrons. The second-order valence-electron chi connectivity index (χ2n) is 7.75. The minimum absolute atomic E-state index is 0.0568. The van der Waals surface area contributed by atoms with Crippen molar-refractivity contribution in [2.24, 2.45) is 11.3 Å². The van der Waals surface area contributed by atoms with Gasteiger partial charge in [0.15, 0.2) is 0 Å². The molecular formula is C19H29N3O2. The lowest BCUT2D eigenvalue weighted by molar-refractivity contribution is -0.136. The monoisotopic (exact) mass is 331 g/mol. The molecule has 1 aliphatic carbocycles. The molecule has 0 unspecified atom stereocenters. The molecule has 1 amide bonds. The Kier molecular flexibility index (Phi) is 5.51. The van der Waals surface area contributed by atoms with Gasteiger partial charge in [-0.25, -0.2) is 0 Å². The van der Waals surface area contributed by atoms with Crippen LogP contribution in [-0.2, 0) is 11.3 Å². The van der Waals surface area contributed by atoms with Crippen LogP contribution >= 0.6 is 0 Å². The summed E-state index contributed by atoms with van der Waals surface area (Å²) in [5.74, 6) is 0.960. The molecule has 1 N–H and O–H groups in total. The summed E-state index contributed by atoms with van der Waals surface area (Å²) >= 11 is 0. The first-order valence-electron chi connectivity index (χ1n) is 9.06. The molecular weight excluding hydrogens is 302 g/mol. The number of carbonyl (C=O) groups excluding carboxylic acids is 1. The lowest BCUT2D eigenvalue weighted by atomic mass is 9.76. The molecule has 2 heterocycles. The van der Waals surface area contributed by atoms with Crippen LogP contribution in [0.1, 0.15) is 37.7 Å². The first kappa shape index (κ1) is 17.4. The SMILES string of the molecule is CN(CC(=O)N1CCC[C@](CO)(CC2CC2)C1)Cc1ccncc1. The summed E-state index contributed by atoms with van der Waals surface area (Å²) in [5.41, 5.74) is 1.11. The summed E-state index contributed by atoms with van der Waals surface area (Å²) in [7, 11) is 1.98. The fourth-order valence-electron chi connectivity index (χ4n) is 3.90. The van der Waals surface area contributed by atoms with Gasteiger partial charge in [-0.2, -0.15) is 0 Å². The van der Waals surface area contributed by atoms with Crippen LogP contribution in [0.25, 0.3) is 0 Å². The molecule has 24 heavy (non-hydrogen) atoms. The van der Waals surface area contributed by atoms with Gasteiger partial charge in [-0.05, 0) is 49.9 Å². The van der Waals surface area contributed by atoms with Crippen molar-refractivity contribution in [3.63, 3.8) is 0 Å². The van der Waals surface area contributed by atoms with E-state index >= 15 is 0 Å². The number of aliphatic hydroxyl groups excluding tert-OH is 1. The molecule has 5 nitrogen and oxygen atoms in total. The van der Waals surface area contributed by atoms with Crippen molar-refractivity contribution in [3.8, 4) is 0 Å². The molecule has 0 spiro atoms. The zero-order valence-corrected chi connectivity index (χ0v) is 14.7. The van der Waals surface area contributed by atoms with Crippen molar-refractivity contribution in [2.45, 2.75) is 38.6 Å². The van der Waals surface area contributed by atoms with Crippen molar-refractivity contribution in [3.05, 3.63) is 30.1 Å². The molecule has 1 aliphatic heterocycles. The Balaban J connectivity index is 1.53. The molecule has 2 aliphatic rings. The third kappa shape index (κ3) is 4.54. The first-order chi connectivity index (χ1) is 11.6. The molecule has 0 aromatic carbocycles. The second-order valence-corrected chi connectivity index (χ2v) is 7.75. The van der Waals surface area contributed by atoms with E-state index in [0.29, 0.717) is 6.54 Å². The predicted octanol–water partition coefficient (Wildman–Crippen LogP) is 1.91. The fourth-order valence-corrected chi connectivity index (χ4v) is 3.90. The van der Waals surface area contributed by atoms with Gasteiger partial charge in [-0.15, -0.1) is 0 Å². The number of rotatable bonds is 7. The Labute approximate surface area is 144 Å². The van der Waals surface area contributed by atoms with Crippen molar-refractivity contribution in [1.29, 1.82) is 0 Å². The van der Waals surface area contributed by atoms with E-state index in [1.807, 2.05) is 29.0 Å². The van der Waals surface area contributed by atoms with Crippen molar-refractivity contribution in [2.75, 3.05) is 33.3 Å². The molecule has 5 heteroatoms. The number of aliphatic hydroxyl groups is 1. The number of piperidine rings is 1. The highest BCUT2D eigenvalue weighted by atomic mass is 16.3. The Morgan fingerprint density at radius 2 is 2.17 bits per heavy atom. The largest absolute Gasteiger partial charge is 0.396 e. The van der Waals surface area contributed by atoms with E-state index in [9.17, 15) is 9.90 Å². The Morgan fingerprint density at radius 3 is 2.83 bits per heavy atom. The van der Waals surface area contributed by atoms with Crippen LogP contribution in [0.15, 0.2) is 24.5 Å². The van der Waals surface area contributed by atoms with Crippen molar-refractivity contribution < 1.29 is 9.90 Å². The maximum atomic E-state index is 12.7. The number of amides is 1. The van der Waals surface area contributed by atoms with Gasteiger partial charge in [0.25, 0.3) is 0 Å². The smallest absolute Gasteiger partial charge is 0.236 e. The number of nitrogens with zero attached hydrogens (tertiary/aromatic N) is 3. The summed E-state index contributed by atoms with van der Waals surface area (Å²) in [5, 5.41) is 9.94. The molecule has 0 bridgehead atoms.